The smallest absolute Gasteiger partial charge is 0.293 e. The van der Waals surface area contributed by atoms with E-state index >= 15 is 0 Å². The molecule has 1 aromatic carbocycles. The summed E-state index contributed by atoms with van der Waals surface area (Å²) in [6, 6.07) is 5.18. The Morgan fingerprint density at radius 1 is 1.43 bits per heavy atom. The van der Waals surface area contributed by atoms with E-state index in [0.29, 0.717) is 22.9 Å². The lowest BCUT2D eigenvalue weighted by Gasteiger charge is -1.89. The second kappa shape index (κ2) is 3.86. The fourth-order valence-electron chi connectivity index (χ4n) is 1.00. The van der Waals surface area contributed by atoms with Gasteiger partial charge in [0.1, 0.15) is 5.52 Å². The Morgan fingerprint density at radius 3 is 2.93 bits per heavy atom. The van der Waals surface area contributed by atoms with Gasteiger partial charge in [0.25, 0.3) is 11.0 Å². The molecular weight excluding hydrogens is 276 g/mol. The van der Waals surface area contributed by atoms with Crippen LogP contribution in [0.1, 0.15) is 0 Å². The maximum Gasteiger partial charge on any atom is 0.293 e. The average molecular weight is 280 g/mol. The van der Waals surface area contributed by atoms with E-state index in [1.54, 1.807) is 18.2 Å². The number of alkyl halides is 2. The van der Waals surface area contributed by atoms with Crippen LogP contribution < -0.4 is 0 Å². The number of benzene rings is 1. The van der Waals surface area contributed by atoms with E-state index in [9.17, 15) is 8.78 Å². The first kappa shape index (κ1) is 9.92. The van der Waals surface area contributed by atoms with Crippen molar-refractivity contribution in [1.82, 2.24) is 4.98 Å². The van der Waals surface area contributed by atoms with Crippen molar-refractivity contribution in [2.24, 2.45) is 0 Å². The topological polar surface area (TPSA) is 26.0 Å². The largest absolute Gasteiger partial charge is 0.431 e. The first-order chi connectivity index (χ1) is 6.65. The highest BCUT2D eigenvalue weighted by molar-refractivity contribution is 9.10. The molecule has 0 saturated carbocycles. The van der Waals surface area contributed by atoms with Gasteiger partial charge in [-0.3, -0.25) is 0 Å². The Labute approximate surface area is 90.8 Å². The van der Waals surface area contributed by atoms with Gasteiger partial charge in [0, 0.05) is 16.2 Å². The fourth-order valence-corrected chi connectivity index (χ4v) is 1.79. The summed E-state index contributed by atoms with van der Waals surface area (Å²) in [7, 11) is 0. The molecule has 6 heteroatoms. The molecule has 1 heterocycles. The molecule has 0 spiro atoms. The van der Waals surface area contributed by atoms with Crippen LogP contribution in [0.15, 0.2) is 32.3 Å². The third-order valence-corrected chi connectivity index (χ3v) is 2.57. The molecule has 0 amide bonds. The van der Waals surface area contributed by atoms with Crippen LogP contribution in [-0.4, -0.2) is 10.7 Å². The van der Waals surface area contributed by atoms with Gasteiger partial charge in [-0.25, -0.2) is 4.98 Å². The molecular formula is C8H4BrF2NOS. The van der Waals surface area contributed by atoms with Crippen molar-refractivity contribution in [2.75, 3.05) is 0 Å². The van der Waals surface area contributed by atoms with Crippen LogP contribution in [0.2, 0.25) is 0 Å². The number of oxazole rings is 1. The molecule has 74 valence electrons. The highest BCUT2D eigenvalue weighted by Gasteiger charge is 2.12. The maximum absolute atomic E-state index is 12.0. The van der Waals surface area contributed by atoms with Gasteiger partial charge in [0.15, 0.2) is 5.58 Å². The van der Waals surface area contributed by atoms with E-state index in [2.05, 4.69) is 20.9 Å². The van der Waals surface area contributed by atoms with Crippen molar-refractivity contribution in [3.8, 4) is 0 Å². The molecule has 0 aliphatic heterocycles. The summed E-state index contributed by atoms with van der Waals surface area (Å²) in [5, 5.41) is -0.00639. The quantitative estimate of drug-likeness (QED) is 0.780. The second-order valence-corrected chi connectivity index (χ2v) is 4.33. The number of halogens is 3. The van der Waals surface area contributed by atoms with E-state index in [-0.39, 0.29) is 5.22 Å². The molecule has 0 radical (unpaired) electrons. The summed E-state index contributed by atoms with van der Waals surface area (Å²) in [6.07, 6.45) is 0. The van der Waals surface area contributed by atoms with Gasteiger partial charge >= 0.3 is 0 Å². The zero-order valence-corrected chi connectivity index (χ0v) is 9.11. The number of hydrogen-bond donors (Lipinski definition) is 0. The number of hydrogen-bond acceptors (Lipinski definition) is 3. The fraction of sp³-hybridized carbons (Fsp3) is 0.125. The summed E-state index contributed by atoms with van der Waals surface area (Å²) in [5.74, 6) is -2.51. The normalized spacial score (nSPS) is 11.4. The van der Waals surface area contributed by atoms with Gasteiger partial charge in [-0.05, 0) is 18.2 Å². The molecule has 2 aromatic rings. The lowest BCUT2D eigenvalue weighted by atomic mass is 10.3. The Morgan fingerprint density at radius 2 is 2.21 bits per heavy atom. The molecule has 0 N–H and O–H groups in total. The highest BCUT2D eigenvalue weighted by atomic mass is 79.9. The first-order valence-electron chi connectivity index (χ1n) is 3.66. The average Bonchev–Trinajstić information content (AvgIpc) is 2.44. The van der Waals surface area contributed by atoms with Gasteiger partial charge in [0.2, 0.25) is 0 Å². The predicted octanol–water partition coefficient (Wildman–Crippen LogP) is 3.91. The zero-order valence-electron chi connectivity index (χ0n) is 6.71. The van der Waals surface area contributed by atoms with Gasteiger partial charge in [0.05, 0.1) is 0 Å². The molecule has 0 atom stereocenters. The SMILES string of the molecule is FC(F)Sc1nc2ccc(Br)cc2o1. The summed E-state index contributed by atoms with van der Waals surface area (Å²) in [5.41, 5.74) is 1.08. The summed E-state index contributed by atoms with van der Waals surface area (Å²) in [4.78, 5) is 3.89. The number of aromatic nitrogens is 1. The minimum atomic E-state index is -2.51. The van der Waals surface area contributed by atoms with Gasteiger partial charge < -0.3 is 4.42 Å². The first-order valence-corrected chi connectivity index (χ1v) is 5.33. The van der Waals surface area contributed by atoms with Crippen LogP contribution >= 0.6 is 27.7 Å². The third-order valence-electron chi connectivity index (χ3n) is 1.52. The number of nitrogens with zero attached hydrogens (tertiary/aromatic N) is 1. The van der Waals surface area contributed by atoms with E-state index < -0.39 is 5.76 Å². The second-order valence-electron chi connectivity index (χ2n) is 2.47. The molecule has 0 bridgehead atoms. The van der Waals surface area contributed by atoms with E-state index in [4.69, 9.17) is 4.42 Å². The Kier molecular flexibility index (Phi) is 2.73. The van der Waals surface area contributed by atoms with Crippen LogP contribution in [0.25, 0.3) is 11.1 Å². The molecule has 0 unspecified atom stereocenters. The molecule has 0 aliphatic rings. The van der Waals surface area contributed by atoms with Gasteiger partial charge in [-0.1, -0.05) is 15.9 Å². The number of rotatable bonds is 2. The molecule has 0 saturated heterocycles. The minimum Gasteiger partial charge on any atom is -0.431 e. The maximum atomic E-state index is 12.0. The van der Waals surface area contributed by atoms with Crippen LogP contribution in [0, 0.1) is 0 Å². The Balaban J connectivity index is 2.41. The van der Waals surface area contributed by atoms with Crippen LogP contribution in [0.5, 0.6) is 0 Å². The Hall–Kier alpha value is -0.620. The zero-order chi connectivity index (χ0) is 10.1. The van der Waals surface area contributed by atoms with E-state index in [1.165, 1.54) is 0 Å². The lowest BCUT2D eigenvalue weighted by Crippen LogP contribution is -1.79. The van der Waals surface area contributed by atoms with Crippen molar-refractivity contribution in [1.29, 1.82) is 0 Å². The molecule has 1 aromatic heterocycles. The van der Waals surface area contributed by atoms with Gasteiger partial charge in [-0.2, -0.15) is 8.78 Å². The standard InChI is InChI=1S/C8H4BrF2NOS/c9-4-1-2-5-6(3-4)13-8(12-5)14-7(10)11/h1-3,7H. The lowest BCUT2D eigenvalue weighted by molar-refractivity contribution is 0.249. The van der Waals surface area contributed by atoms with Crippen LogP contribution in [0.3, 0.4) is 0 Å². The number of fused-ring (bicyclic) bond motifs is 1. The molecule has 0 fully saturated rings. The van der Waals surface area contributed by atoms with Crippen molar-refractivity contribution in [3.05, 3.63) is 22.7 Å². The monoisotopic (exact) mass is 279 g/mol. The molecule has 2 rings (SSSR count). The van der Waals surface area contributed by atoms with Crippen LogP contribution in [-0.2, 0) is 0 Å². The molecule has 0 aliphatic carbocycles. The van der Waals surface area contributed by atoms with Crippen molar-refractivity contribution in [2.45, 2.75) is 11.0 Å². The van der Waals surface area contributed by atoms with Crippen LogP contribution in [0.4, 0.5) is 8.78 Å². The highest BCUT2D eigenvalue weighted by Crippen LogP contribution is 2.29. The predicted molar refractivity (Wildman–Crippen MR) is 53.6 cm³/mol. The van der Waals surface area contributed by atoms with Crippen molar-refractivity contribution in [3.63, 3.8) is 0 Å². The van der Waals surface area contributed by atoms with Gasteiger partial charge in [-0.15, -0.1) is 0 Å². The molecule has 14 heavy (non-hydrogen) atoms. The summed E-state index contributed by atoms with van der Waals surface area (Å²) in [6.45, 7) is 0. The van der Waals surface area contributed by atoms with Crippen molar-refractivity contribution >= 4 is 38.8 Å². The van der Waals surface area contributed by atoms with Crippen molar-refractivity contribution < 1.29 is 13.2 Å². The number of thioether (sulfide) groups is 1. The third kappa shape index (κ3) is 2.06. The van der Waals surface area contributed by atoms with E-state index in [0.717, 1.165) is 4.47 Å². The minimum absolute atomic E-state index is 0.00639. The summed E-state index contributed by atoms with van der Waals surface area (Å²) >= 11 is 3.55. The molecule has 2 nitrogen and oxygen atoms in total. The summed E-state index contributed by atoms with van der Waals surface area (Å²) < 4.78 is 29.9. The van der Waals surface area contributed by atoms with E-state index in [1.807, 2.05) is 0 Å². The Bertz CT molecular complexity index is 460.